The third-order valence-electron chi connectivity index (χ3n) is 7.60. The van der Waals surface area contributed by atoms with Crippen molar-refractivity contribution in [1.82, 2.24) is 30.1 Å². The first-order valence-corrected chi connectivity index (χ1v) is 14.7. The zero-order valence-electron chi connectivity index (χ0n) is 25.4. The highest BCUT2D eigenvalue weighted by atomic mass is 19.1. The Bertz CT molecular complexity index is 1600. The average Bonchev–Trinajstić information content (AvgIpc) is 3.01. The fourth-order valence-electron chi connectivity index (χ4n) is 5.43. The molecule has 0 spiro atoms. The van der Waals surface area contributed by atoms with Crippen LogP contribution in [-0.4, -0.2) is 61.7 Å². The number of amides is 2. The molecule has 2 amide bonds. The number of benzene rings is 2. The van der Waals surface area contributed by atoms with Crippen LogP contribution in [0.25, 0.3) is 11.4 Å². The van der Waals surface area contributed by atoms with E-state index in [0.29, 0.717) is 36.0 Å². The van der Waals surface area contributed by atoms with Crippen molar-refractivity contribution in [2.75, 3.05) is 13.1 Å². The highest BCUT2D eigenvalue weighted by molar-refractivity contribution is 5.89. The van der Waals surface area contributed by atoms with Gasteiger partial charge in [0.15, 0.2) is 5.82 Å². The lowest BCUT2D eigenvalue weighted by molar-refractivity contribution is -0.150. The Labute approximate surface area is 257 Å². The van der Waals surface area contributed by atoms with Gasteiger partial charge in [0.2, 0.25) is 11.8 Å². The highest BCUT2D eigenvalue weighted by Gasteiger charge is 2.40. The van der Waals surface area contributed by atoms with Crippen molar-refractivity contribution in [3.8, 4) is 22.9 Å². The summed E-state index contributed by atoms with van der Waals surface area (Å²) in [6.45, 7) is 8.72. The molecule has 4 aromatic rings. The van der Waals surface area contributed by atoms with Gasteiger partial charge in [-0.05, 0) is 49.2 Å². The largest absolute Gasteiger partial charge is 0.455 e. The Hall–Kier alpha value is -4.70. The van der Waals surface area contributed by atoms with E-state index in [9.17, 15) is 9.59 Å². The van der Waals surface area contributed by atoms with E-state index >= 15 is 4.39 Å². The van der Waals surface area contributed by atoms with Gasteiger partial charge >= 0.3 is 0 Å². The summed E-state index contributed by atoms with van der Waals surface area (Å²) in [5, 5.41) is 3.02. The SMILES string of the molecule is Cc1cncc(Oc2cccc(F)c2CN2C[C@@H](C)N(C(=O)C(C)C)[C@@H](C(=O)NCc3ccc(-c4ncccn4)cc3)C2)c1. The molecule has 1 saturated heterocycles. The van der Waals surface area contributed by atoms with Crippen molar-refractivity contribution in [3.63, 3.8) is 0 Å². The van der Waals surface area contributed by atoms with E-state index in [4.69, 9.17) is 4.74 Å². The Morgan fingerprint density at radius 1 is 1.05 bits per heavy atom. The second-order valence-electron chi connectivity index (χ2n) is 11.5. The molecule has 10 heteroatoms. The van der Waals surface area contributed by atoms with Crippen molar-refractivity contribution in [1.29, 1.82) is 0 Å². The second-order valence-corrected chi connectivity index (χ2v) is 11.5. The number of piperazine rings is 1. The van der Waals surface area contributed by atoms with Crippen LogP contribution in [0.1, 0.15) is 37.5 Å². The minimum Gasteiger partial charge on any atom is -0.455 e. The molecule has 0 bridgehead atoms. The van der Waals surface area contributed by atoms with Gasteiger partial charge in [0, 0.05) is 67.9 Å². The molecule has 5 rings (SSSR count). The zero-order chi connectivity index (χ0) is 31.2. The molecule has 3 heterocycles. The van der Waals surface area contributed by atoms with Crippen LogP contribution < -0.4 is 10.1 Å². The van der Waals surface area contributed by atoms with Crippen molar-refractivity contribution in [3.05, 3.63) is 102 Å². The summed E-state index contributed by atoms with van der Waals surface area (Å²) in [5.41, 5.74) is 3.09. The van der Waals surface area contributed by atoms with E-state index in [1.54, 1.807) is 47.9 Å². The minimum absolute atomic E-state index is 0.0913. The quantitative estimate of drug-likeness (QED) is 0.285. The van der Waals surface area contributed by atoms with Crippen LogP contribution >= 0.6 is 0 Å². The summed E-state index contributed by atoms with van der Waals surface area (Å²) < 4.78 is 21.3. The molecule has 1 aliphatic rings. The third-order valence-corrected chi connectivity index (χ3v) is 7.60. The number of hydrogen-bond donors (Lipinski definition) is 1. The first-order valence-electron chi connectivity index (χ1n) is 14.7. The van der Waals surface area contributed by atoms with Crippen molar-refractivity contribution >= 4 is 11.8 Å². The molecule has 1 N–H and O–H groups in total. The second kappa shape index (κ2) is 13.7. The fourth-order valence-corrected chi connectivity index (χ4v) is 5.43. The van der Waals surface area contributed by atoms with E-state index in [2.05, 4.69) is 20.3 Å². The van der Waals surface area contributed by atoms with E-state index in [1.165, 1.54) is 6.07 Å². The molecule has 2 atom stereocenters. The van der Waals surface area contributed by atoms with Crippen LogP contribution in [0.15, 0.2) is 79.4 Å². The van der Waals surface area contributed by atoms with Crippen LogP contribution in [0.3, 0.4) is 0 Å². The monoisotopic (exact) mass is 596 g/mol. The van der Waals surface area contributed by atoms with Gasteiger partial charge in [-0.2, -0.15) is 0 Å². The van der Waals surface area contributed by atoms with Gasteiger partial charge in [0.1, 0.15) is 23.4 Å². The average molecular weight is 597 g/mol. The molecule has 1 fully saturated rings. The van der Waals surface area contributed by atoms with Gasteiger partial charge in [-0.15, -0.1) is 0 Å². The first-order chi connectivity index (χ1) is 21.2. The maximum absolute atomic E-state index is 15.2. The number of aromatic nitrogens is 3. The standard InChI is InChI=1S/C34H37FN6O3/c1-22(2)34(43)41-24(4)19-40(20-28-29(35)7-5-8-31(28)44-27-15-23(3)16-36-18-27)21-30(41)33(42)39-17-25-9-11-26(12-10-25)32-37-13-6-14-38-32/h5-16,18,22,24,30H,17,19-21H2,1-4H3,(H,39,42)/t24-,30-/m1/s1. The van der Waals surface area contributed by atoms with E-state index in [-0.39, 0.29) is 36.9 Å². The number of ether oxygens (including phenoxy) is 1. The molecule has 44 heavy (non-hydrogen) atoms. The number of aryl methyl sites for hydroxylation is 1. The molecule has 2 aromatic heterocycles. The molecule has 1 aliphatic heterocycles. The number of pyridine rings is 1. The molecule has 0 unspecified atom stereocenters. The number of rotatable bonds is 9. The maximum atomic E-state index is 15.2. The lowest BCUT2D eigenvalue weighted by Crippen LogP contribution is -2.64. The lowest BCUT2D eigenvalue weighted by atomic mass is 10.0. The Balaban J connectivity index is 1.32. The van der Waals surface area contributed by atoms with E-state index in [1.807, 2.05) is 62.9 Å². The third kappa shape index (κ3) is 7.26. The number of nitrogens with zero attached hydrogens (tertiary/aromatic N) is 5. The normalized spacial score (nSPS) is 17.0. The van der Waals surface area contributed by atoms with Gasteiger partial charge in [0.05, 0.1) is 6.20 Å². The maximum Gasteiger partial charge on any atom is 0.244 e. The topological polar surface area (TPSA) is 101 Å². The summed E-state index contributed by atoms with van der Waals surface area (Å²) in [6.07, 6.45) is 6.69. The predicted octanol–water partition coefficient (Wildman–Crippen LogP) is 5.15. The van der Waals surface area contributed by atoms with Crippen LogP contribution in [0, 0.1) is 18.7 Å². The predicted molar refractivity (Wildman–Crippen MR) is 165 cm³/mol. The van der Waals surface area contributed by atoms with Crippen molar-refractivity contribution in [2.24, 2.45) is 5.92 Å². The summed E-state index contributed by atoms with van der Waals surface area (Å²) in [7, 11) is 0. The fraction of sp³-hybridized carbons (Fsp3) is 0.324. The number of hydrogen-bond acceptors (Lipinski definition) is 7. The lowest BCUT2D eigenvalue weighted by Gasteiger charge is -2.45. The van der Waals surface area contributed by atoms with Crippen LogP contribution in [0.4, 0.5) is 4.39 Å². The van der Waals surface area contributed by atoms with Crippen LogP contribution in [0.5, 0.6) is 11.5 Å². The van der Waals surface area contributed by atoms with E-state index < -0.39 is 11.9 Å². The zero-order valence-corrected chi connectivity index (χ0v) is 25.4. The molecule has 0 saturated carbocycles. The van der Waals surface area contributed by atoms with E-state index in [0.717, 1.165) is 16.7 Å². The van der Waals surface area contributed by atoms with Gasteiger partial charge < -0.3 is 15.0 Å². The Morgan fingerprint density at radius 2 is 1.80 bits per heavy atom. The first kappa shape index (κ1) is 30.7. The number of carbonyl (C=O) groups excluding carboxylic acids is 2. The highest BCUT2D eigenvalue weighted by Crippen LogP contribution is 2.30. The molecule has 2 aromatic carbocycles. The molecular formula is C34H37FN6O3. The van der Waals surface area contributed by atoms with Crippen LogP contribution in [-0.2, 0) is 22.7 Å². The van der Waals surface area contributed by atoms with Gasteiger partial charge in [-0.1, -0.05) is 44.2 Å². The van der Waals surface area contributed by atoms with Crippen LogP contribution in [0.2, 0.25) is 0 Å². The van der Waals surface area contributed by atoms with Gasteiger partial charge in [0.25, 0.3) is 0 Å². The minimum atomic E-state index is -0.747. The molecule has 0 aliphatic carbocycles. The number of carbonyl (C=O) groups is 2. The molecule has 228 valence electrons. The van der Waals surface area contributed by atoms with Crippen molar-refractivity contribution < 1.29 is 18.7 Å². The van der Waals surface area contributed by atoms with Gasteiger partial charge in [-0.25, -0.2) is 14.4 Å². The Morgan fingerprint density at radius 3 is 2.50 bits per heavy atom. The smallest absolute Gasteiger partial charge is 0.244 e. The number of nitrogens with one attached hydrogen (secondary N) is 1. The molecular weight excluding hydrogens is 559 g/mol. The molecule has 0 radical (unpaired) electrons. The van der Waals surface area contributed by atoms with Gasteiger partial charge in [-0.3, -0.25) is 19.5 Å². The summed E-state index contributed by atoms with van der Waals surface area (Å²) in [4.78, 5) is 43.4. The number of halogens is 1. The van der Waals surface area contributed by atoms with Crippen molar-refractivity contribution in [2.45, 2.75) is 52.9 Å². The summed E-state index contributed by atoms with van der Waals surface area (Å²) >= 11 is 0. The molecule has 9 nitrogen and oxygen atoms in total. The Kier molecular flexibility index (Phi) is 9.59. The summed E-state index contributed by atoms with van der Waals surface area (Å²) in [5.74, 6) is 0.494. The summed E-state index contributed by atoms with van der Waals surface area (Å²) in [6, 6.07) is 15.0.